The first kappa shape index (κ1) is 40.3. The van der Waals surface area contributed by atoms with Crippen molar-refractivity contribution < 1.29 is 0 Å². The van der Waals surface area contributed by atoms with E-state index >= 15 is 0 Å². The molecule has 10 aromatic rings. The number of nitrogens with zero attached hydrogens (tertiary/aromatic N) is 3. The van der Waals surface area contributed by atoms with E-state index in [0.29, 0.717) is 0 Å². The predicted molar refractivity (Wildman–Crippen MR) is 296 cm³/mol. The second-order valence-corrected chi connectivity index (χ2v) is 24.0. The minimum absolute atomic E-state index is 0.000164. The number of para-hydroxylation sites is 2. The van der Waals surface area contributed by atoms with Gasteiger partial charge in [-0.3, -0.25) is 0 Å². The van der Waals surface area contributed by atoms with Gasteiger partial charge in [-0.15, -0.1) is 11.3 Å². The van der Waals surface area contributed by atoms with Crippen LogP contribution in [0.25, 0.3) is 59.8 Å². The number of thiophene rings is 1. The number of hydrogen-bond acceptors (Lipinski definition) is 3. The Bertz CT molecular complexity index is 3840. The molecule has 14 rings (SSSR count). The van der Waals surface area contributed by atoms with E-state index in [-0.39, 0.29) is 29.8 Å². The lowest BCUT2D eigenvalue weighted by Gasteiger charge is -2.51. The average molecular weight is 894 g/mol. The Morgan fingerprint density at radius 3 is 1.74 bits per heavy atom. The molecule has 6 heterocycles. The van der Waals surface area contributed by atoms with Crippen molar-refractivity contribution in [3.63, 3.8) is 0 Å². The molecule has 0 saturated carbocycles. The Labute approximate surface area is 404 Å². The van der Waals surface area contributed by atoms with Crippen LogP contribution in [0.5, 0.6) is 0 Å². The summed E-state index contributed by atoms with van der Waals surface area (Å²) in [6.45, 7) is 21.4. The van der Waals surface area contributed by atoms with E-state index in [2.05, 4.69) is 234 Å². The molecule has 4 aliphatic rings. The number of anilines is 5. The van der Waals surface area contributed by atoms with Gasteiger partial charge in [0.2, 0.25) is 0 Å². The molecule has 0 spiro atoms. The SMILES string of the molecule is CC(C)(C)c1ccc2c(c1)B1c3cc(C(C)(C)C)ccc3-c3ccc4c5c3N1c1c(cc(C(C)(C)C)cc1-2)B5c1sc2ccccc2c1N4c1ccc2c(c1)c1ccccc1n2-c1ccccc1. The summed E-state index contributed by atoms with van der Waals surface area (Å²) >= 11 is 2.00. The summed E-state index contributed by atoms with van der Waals surface area (Å²) in [5, 5.41) is 3.83. The zero-order valence-electron chi connectivity index (χ0n) is 40.4. The Morgan fingerprint density at radius 1 is 0.426 bits per heavy atom. The van der Waals surface area contributed by atoms with Crippen molar-refractivity contribution in [2.75, 3.05) is 9.71 Å². The number of hydrogen-bond donors (Lipinski definition) is 0. The molecule has 0 radical (unpaired) electrons. The highest BCUT2D eigenvalue weighted by Crippen LogP contribution is 2.54. The summed E-state index contributed by atoms with van der Waals surface area (Å²) in [6.07, 6.45) is 0. The number of benzene rings is 8. The summed E-state index contributed by atoms with van der Waals surface area (Å²) in [6, 6.07) is 61.1. The molecule has 0 N–H and O–H groups in total. The second kappa shape index (κ2) is 13.5. The van der Waals surface area contributed by atoms with Crippen LogP contribution in [0.2, 0.25) is 0 Å². The van der Waals surface area contributed by atoms with Crippen LogP contribution in [0.1, 0.15) is 79.0 Å². The average Bonchev–Trinajstić information content (AvgIpc) is 3.87. The molecule has 0 bridgehead atoms. The van der Waals surface area contributed by atoms with Crippen molar-refractivity contribution in [3.8, 4) is 27.9 Å². The molecule has 0 aliphatic carbocycles. The first-order chi connectivity index (χ1) is 32.6. The molecule has 6 heteroatoms. The van der Waals surface area contributed by atoms with Crippen LogP contribution >= 0.6 is 11.3 Å². The molecule has 68 heavy (non-hydrogen) atoms. The molecule has 4 aliphatic heterocycles. The van der Waals surface area contributed by atoms with Gasteiger partial charge in [0.15, 0.2) is 0 Å². The summed E-state index contributed by atoms with van der Waals surface area (Å²) in [5.41, 5.74) is 25.3. The van der Waals surface area contributed by atoms with Gasteiger partial charge >= 0.3 is 6.85 Å². The van der Waals surface area contributed by atoms with Crippen molar-refractivity contribution in [2.24, 2.45) is 0 Å². The van der Waals surface area contributed by atoms with Crippen LogP contribution < -0.4 is 36.3 Å². The summed E-state index contributed by atoms with van der Waals surface area (Å²) in [7, 11) is 0. The van der Waals surface area contributed by atoms with E-state index in [1.54, 1.807) is 0 Å². The second-order valence-electron chi connectivity index (χ2n) is 23.0. The van der Waals surface area contributed by atoms with Crippen molar-refractivity contribution in [2.45, 2.75) is 78.6 Å². The third-order valence-electron chi connectivity index (χ3n) is 15.8. The minimum Gasteiger partial charge on any atom is -0.377 e. The van der Waals surface area contributed by atoms with Crippen LogP contribution in [0.4, 0.5) is 28.4 Å². The van der Waals surface area contributed by atoms with Gasteiger partial charge in [-0.2, -0.15) is 0 Å². The first-order valence-electron chi connectivity index (χ1n) is 24.5. The zero-order valence-corrected chi connectivity index (χ0v) is 41.2. The topological polar surface area (TPSA) is 11.4 Å². The van der Waals surface area contributed by atoms with Gasteiger partial charge in [-0.1, -0.05) is 165 Å². The van der Waals surface area contributed by atoms with Crippen LogP contribution in [0, 0.1) is 0 Å². The summed E-state index contributed by atoms with van der Waals surface area (Å²) < 4.78 is 5.18. The van der Waals surface area contributed by atoms with Crippen LogP contribution in [0.15, 0.2) is 158 Å². The quantitative estimate of drug-likeness (QED) is 0.160. The highest BCUT2D eigenvalue weighted by Gasteiger charge is 2.53. The van der Waals surface area contributed by atoms with Crippen LogP contribution in [-0.4, -0.2) is 18.1 Å². The standard InChI is InChI=1S/C62H53B2N3S/c1-60(2,3)36-23-26-41-44-28-30-53-55-57(44)67-56-47(42-27-24-37(61(4,5)6)33-49(42)64(67)48(41)32-36)31-38(62(7,8)9)34-50(56)63(55)59-58(45-20-14-16-22-54(45)68-59)66(53)40-25-29-52-46(35-40)43-19-13-15-21-51(43)65(52)39-17-11-10-12-18-39/h10-35H,1-9H3. The van der Waals surface area contributed by atoms with E-state index in [4.69, 9.17) is 0 Å². The van der Waals surface area contributed by atoms with E-state index < -0.39 is 0 Å². The van der Waals surface area contributed by atoms with Crippen molar-refractivity contribution in [1.29, 1.82) is 0 Å². The lowest BCUT2D eigenvalue weighted by atomic mass is 9.32. The zero-order chi connectivity index (χ0) is 46.3. The van der Waals surface area contributed by atoms with Gasteiger partial charge in [-0.05, 0) is 121 Å². The third kappa shape index (κ3) is 5.38. The molecular formula is C62H53B2N3S. The van der Waals surface area contributed by atoms with Crippen LogP contribution in [-0.2, 0) is 16.2 Å². The fourth-order valence-corrected chi connectivity index (χ4v) is 13.7. The van der Waals surface area contributed by atoms with E-state index in [0.717, 1.165) is 0 Å². The lowest BCUT2D eigenvalue weighted by molar-refractivity contribution is 0.590. The van der Waals surface area contributed by atoms with E-state index in [1.807, 2.05) is 11.3 Å². The lowest BCUT2D eigenvalue weighted by Crippen LogP contribution is -2.69. The van der Waals surface area contributed by atoms with Gasteiger partial charge in [-0.25, -0.2) is 0 Å². The van der Waals surface area contributed by atoms with Gasteiger partial charge in [0.05, 0.1) is 16.7 Å². The first-order valence-corrected chi connectivity index (χ1v) is 25.3. The molecule has 0 fully saturated rings. The fraction of sp³-hybridized carbons (Fsp3) is 0.194. The van der Waals surface area contributed by atoms with Gasteiger partial charge < -0.3 is 14.3 Å². The van der Waals surface area contributed by atoms with Gasteiger partial charge in [0.25, 0.3) is 6.71 Å². The minimum atomic E-state index is -0.0625. The normalized spacial score (nSPS) is 14.4. The highest BCUT2D eigenvalue weighted by molar-refractivity contribution is 7.34. The molecule has 0 unspecified atom stereocenters. The smallest absolute Gasteiger partial charge is 0.329 e. The van der Waals surface area contributed by atoms with Gasteiger partial charge in [0.1, 0.15) is 0 Å². The van der Waals surface area contributed by atoms with E-state index in [1.165, 1.54) is 132 Å². The molecule has 0 saturated heterocycles. The van der Waals surface area contributed by atoms with E-state index in [9.17, 15) is 0 Å². The highest BCUT2D eigenvalue weighted by atomic mass is 32.1. The van der Waals surface area contributed by atoms with Crippen LogP contribution in [0.3, 0.4) is 0 Å². The number of rotatable bonds is 2. The van der Waals surface area contributed by atoms with Crippen molar-refractivity contribution in [1.82, 2.24) is 4.57 Å². The molecule has 2 aromatic heterocycles. The summed E-state index contributed by atoms with van der Waals surface area (Å²) in [4.78, 5) is 5.48. The Kier molecular flexibility index (Phi) is 8.00. The fourth-order valence-electron chi connectivity index (χ4n) is 12.4. The summed E-state index contributed by atoms with van der Waals surface area (Å²) in [5.74, 6) is 0. The van der Waals surface area contributed by atoms with Crippen molar-refractivity contribution in [3.05, 3.63) is 174 Å². The molecule has 328 valence electrons. The van der Waals surface area contributed by atoms with Gasteiger partial charge in [0, 0.05) is 65.2 Å². The molecule has 8 aromatic carbocycles. The third-order valence-corrected chi connectivity index (χ3v) is 17.0. The molecule has 3 nitrogen and oxygen atoms in total. The maximum atomic E-state index is 2.83. The molecule has 0 atom stereocenters. The Morgan fingerprint density at radius 2 is 1.03 bits per heavy atom. The maximum absolute atomic E-state index is 2.83. The maximum Gasteiger partial charge on any atom is 0.329 e. The largest absolute Gasteiger partial charge is 0.377 e. The number of fused-ring (bicyclic) bond motifs is 14. The van der Waals surface area contributed by atoms with Crippen molar-refractivity contribution >= 4 is 112 Å². The monoisotopic (exact) mass is 893 g/mol. The molecule has 0 amide bonds. The molecular weight excluding hydrogens is 840 g/mol. The Balaban J connectivity index is 1.12. The predicted octanol–water partition coefficient (Wildman–Crippen LogP) is 13.4. The number of aromatic nitrogens is 1. The Hall–Kier alpha value is -6.75.